The highest BCUT2D eigenvalue weighted by atomic mass is 19.4. The smallest absolute Gasteiger partial charge is 0.349 e. The maximum Gasteiger partial charge on any atom is 0.417 e. The summed E-state index contributed by atoms with van der Waals surface area (Å²) < 4.78 is 40.0. The van der Waals surface area contributed by atoms with Crippen molar-refractivity contribution in [1.29, 1.82) is 0 Å². The Kier molecular flexibility index (Phi) is 5.70. The van der Waals surface area contributed by atoms with Crippen LogP contribution < -0.4 is 5.32 Å². The van der Waals surface area contributed by atoms with E-state index in [2.05, 4.69) is 5.32 Å². The van der Waals surface area contributed by atoms with Gasteiger partial charge in [-0.25, -0.2) is 0 Å². The molecule has 1 aromatic rings. The van der Waals surface area contributed by atoms with Crippen molar-refractivity contribution in [2.24, 2.45) is 17.8 Å². The molecule has 1 heterocycles. The second kappa shape index (κ2) is 8.29. The van der Waals surface area contributed by atoms with Gasteiger partial charge < -0.3 is 10.2 Å². The summed E-state index contributed by atoms with van der Waals surface area (Å²) in [5.41, 5.74) is -1.26. The van der Waals surface area contributed by atoms with Gasteiger partial charge in [-0.2, -0.15) is 13.2 Å². The fourth-order valence-corrected chi connectivity index (χ4v) is 7.19. The minimum absolute atomic E-state index is 0.0409. The number of nitrogens with zero attached hydrogens (tertiary/aromatic N) is 2. The lowest BCUT2D eigenvalue weighted by molar-refractivity contribution is -0.138. The minimum Gasteiger partial charge on any atom is -0.349 e. The van der Waals surface area contributed by atoms with Gasteiger partial charge in [-0.15, -0.1) is 0 Å². The average Bonchev–Trinajstić information content (AvgIpc) is 2.76. The lowest BCUT2D eigenvalue weighted by Gasteiger charge is -2.57. The zero-order valence-electron chi connectivity index (χ0n) is 19.0. The molecule has 33 heavy (non-hydrogen) atoms. The lowest BCUT2D eigenvalue weighted by atomic mass is 9.53. The molecule has 5 aliphatic rings. The van der Waals surface area contributed by atoms with Crippen molar-refractivity contribution in [2.75, 3.05) is 26.2 Å². The molecule has 180 valence electrons. The molecule has 1 unspecified atom stereocenters. The van der Waals surface area contributed by atoms with E-state index < -0.39 is 17.6 Å². The van der Waals surface area contributed by atoms with Crippen LogP contribution in [-0.2, 0) is 11.0 Å². The Hall–Kier alpha value is -2.09. The van der Waals surface area contributed by atoms with E-state index in [0.29, 0.717) is 26.2 Å². The first-order valence-electron chi connectivity index (χ1n) is 12.2. The average molecular weight is 464 g/mol. The molecular weight excluding hydrogens is 431 g/mol. The standard InChI is InChI=1S/C25H32F3N3O2/c1-16(22(32)29-24-13-17-10-18(14-24)12-19(11-17)15-24)30-6-8-31(9-7-30)23(33)20-4-2-3-5-21(20)25(26,27)28/h2-5,16-19H,6-15H2,1H3,(H,29,32). The van der Waals surface area contributed by atoms with Gasteiger partial charge in [-0.05, 0) is 75.3 Å². The molecule has 1 N–H and O–H groups in total. The fraction of sp³-hybridized carbons (Fsp3) is 0.680. The van der Waals surface area contributed by atoms with E-state index in [-0.39, 0.29) is 23.1 Å². The van der Waals surface area contributed by atoms with Crippen LogP contribution in [0.3, 0.4) is 0 Å². The van der Waals surface area contributed by atoms with Crippen molar-refractivity contribution in [3.05, 3.63) is 35.4 Å². The van der Waals surface area contributed by atoms with Crippen LogP contribution in [0.2, 0.25) is 0 Å². The van der Waals surface area contributed by atoms with Gasteiger partial charge in [0.1, 0.15) is 0 Å². The summed E-state index contributed by atoms with van der Waals surface area (Å²) in [7, 11) is 0. The molecule has 4 saturated carbocycles. The first-order valence-corrected chi connectivity index (χ1v) is 12.2. The molecular formula is C25H32F3N3O2. The predicted molar refractivity (Wildman–Crippen MR) is 117 cm³/mol. The topological polar surface area (TPSA) is 52.7 Å². The van der Waals surface area contributed by atoms with Crippen molar-refractivity contribution in [2.45, 2.75) is 63.2 Å². The molecule has 1 saturated heterocycles. The summed E-state index contributed by atoms with van der Waals surface area (Å²) in [6, 6.07) is 4.61. The van der Waals surface area contributed by atoms with Crippen molar-refractivity contribution in [3.8, 4) is 0 Å². The summed E-state index contributed by atoms with van der Waals surface area (Å²) in [5.74, 6) is 1.69. The zero-order chi connectivity index (χ0) is 23.4. The summed E-state index contributed by atoms with van der Waals surface area (Å²) in [6.07, 6.45) is 2.67. The second-order valence-electron chi connectivity index (χ2n) is 10.7. The van der Waals surface area contributed by atoms with Gasteiger partial charge in [0.25, 0.3) is 5.91 Å². The first kappa shape index (κ1) is 22.7. The molecule has 5 nitrogen and oxygen atoms in total. The van der Waals surface area contributed by atoms with Gasteiger partial charge in [0, 0.05) is 31.7 Å². The molecule has 0 spiro atoms. The molecule has 1 aromatic carbocycles. The van der Waals surface area contributed by atoms with Gasteiger partial charge >= 0.3 is 6.18 Å². The third kappa shape index (κ3) is 4.38. The SMILES string of the molecule is CC(C(=O)NC12CC3CC(CC(C3)C1)C2)N1CCN(C(=O)c2ccccc2C(F)(F)F)CC1. The monoisotopic (exact) mass is 463 g/mol. The predicted octanol–water partition coefficient (Wildman–Crippen LogP) is 3.94. The maximum atomic E-state index is 13.3. The third-order valence-electron chi connectivity index (χ3n) is 8.42. The Morgan fingerprint density at radius 3 is 2.06 bits per heavy atom. The highest BCUT2D eigenvalue weighted by molar-refractivity contribution is 5.96. The molecule has 0 aromatic heterocycles. The van der Waals surface area contributed by atoms with Crippen LogP contribution >= 0.6 is 0 Å². The van der Waals surface area contributed by atoms with Crippen LogP contribution in [0.4, 0.5) is 13.2 Å². The number of halogens is 3. The molecule has 2 amide bonds. The molecule has 4 bridgehead atoms. The van der Waals surface area contributed by atoms with Crippen LogP contribution in [-0.4, -0.2) is 59.4 Å². The number of benzene rings is 1. The second-order valence-corrected chi connectivity index (χ2v) is 10.7. The summed E-state index contributed by atoms with van der Waals surface area (Å²) >= 11 is 0. The van der Waals surface area contributed by atoms with E-state index in [9.17, 15) is 22.8 Å². The Labute approximate surface area is 192 Å². The van der Waals surface area contributed by atoms with Crippen LogP contribution in [0.25, 0.3) is 0 Å². The summed E-state index contributed by atoms with van der Waals surface area (Å²) in [4.78, 5) is 29.5. The van der Waals surface area contributed by atoms with Crippen molar-refractivity contribution in [3.63, 3.8) is 0 Å². The van der Waals surface area contributed by atoms with Crippen LogP contribution in [0.1, 0.15) is 61.4 Å². The zero-order valence-corrected chi connectivity index (χ0v) is 19.0. The van der Waals surface area contributed by atoms with E-state index in [1.807, 2.05) is 11.8 Å². The number of carbonyl (C=O) groups excluding carboxylic acids is 2. The maximum absolute atomic E-state index is 13.3. The molecule has 1 aliphatic heterocycles. The van der Waals surface area contributed by atoms with E-state index in [4.69, 9.17) is 0 Å². The Balaban J connectivity index is 1.18. The molecule has 4 aliphatic carbocycles. The highest BCUT2D eigenvalue weighted by Gasteiger charge is 2.52. The Morgan fingerprint density at radius 1 is 0.970 bits per heavy atom. The van der Waals surface area contributed by atoms with E-state index in [1.54, 1.807) is 0 Å². The number of rotatable bonds is 4. The van der Waals surface area contributed by atoms with Gasteiger partial charge in [-0.1, -0.05) is 12.1 Å². The quantitative estimate of drug-likeness (QED) is 0.736. The van der Waals surface area contributed by atoms with Crippen LogP contribution in [0.15, 0.2) is 24.3 Å². The Morgan fingerprint density at radius 2 is 1.52 bits per heavy atom. The molecule has 0 radical (unpaired) electrons. The number of hydrogen-bond acceptors (Lipinski definition) is 3. The van der Waals surface area contributed by atoms with Crippen LogP contribution in [0.5, 0.6) is 0 Å². The van der Waals surface area contributed by atoms with Crippen LogP contribution in [0, 0.1) is 17.8 Å². The van der Waals surface area contributed by atoms with Gasteiger partial charge in [0.05, 0.1) is 17.2 Å². The van der Waals surface area contributed by atoms with Crippen molar-refractivity contribution in [1.82, 2.24) is 15.1 Å². The summed E-state index contributed by atoms with van der Waals surface area (Å²) in [5, 5.41) is 3.42. The number of hydrogen-bond donors (Lipinski definition) is 1. The molecule has 1 atom stereocenters. The lowest BCUT2D eigenvalue weighted by Crippen LogP contribution is -2.63. The number of piperazine rings is 1. The molecule has 6 rings (SSSR count). The number of alkyl halides is 3. The van der Waals surface area contributed by atoms with Gasteiger partial charge in [0.2, 0.25) is 5.91 Å². The van der Waals surface area contributed by atoms with E-state index in [0.717, 1.165) is 43.1 Å². The largest absolute Gasteiger partial charge is 0.417 e. The third-order valence-corrected chi connectivity index (χ3v) is 8.42. The van der Waals surface area contributed by atoms with Crippen molar-refractivity contribution >= 4 is 11.8 Å². The first-order chi connectivity index (χ1) is 15.6. The summed E-state index contributed by atoms with van der Waals surface area (Å²) in [6.45, 7) is 3.44. The molecule has 8 heteroatoms. The highest BCUT2D eigenvalue weighted by Crippen LogP contribution is 2.55. The normalized spacial score (nSPS) is 32.6. The van der Waals surface area contributed by atoms with Gasteiger partial charge in [-0.3, -0.25) is 14.5 Å². The Bertz CT molecular complexity index is 888. The fourth-order valence-electron chi connectivity index (χ4n) is 7.19. The number of carbonyl (C=O) groups is 2. The number of nitrogens with one attached hydrogen (secondary N) is 1. The van der Waals surface area contributed by atoms with Gasteiger partial charge in [0.15, 0.2) is 0 Å². The molecule has 5 fully saturated rings. The minimum atomic E-state index is -4.57. The van der Waals surface area contributed by atoms with Crippen molar-refractivity contribution < 1.29 is 22.8 Å². The van der Waals surface area contributed by atoms with E-state index >= 15 is 0 Å². The van der Waals surface area contributed by atoms with E-state index in [1.165, 1.54) is 42.4 Å². The number of amides is 2.